The lowest BCUT2D eigenvalue weighted by molar-refractivity contribution is 0.302. The Morgan fingerprint density at radius 2 is 1.34 bits per heavy atom. The highest BCUT2D eigenvalue weighted by molar-refractivity contribution is 5.83. The highest BCUT2D eigenvalue weighted by Crippen LogP contribution is 2.34. The Labute approximate surface area is 187 Å². The topological polar surface area (TPSA) is 36.3 Å². The van der Waals surface area contributed by atoms with Crippen molar-refractivity contribution in [2.45, 2.75) is 6.61 Å². The Hall–Kier alpha value is -4.05. The van der Waals surface area contributed by atoms with Crippen LogP contribution in [0, 0.1) is 0 Å². The summed E-state index contributed by atoms with van der Waals surface area (Å²) in [6.07, 6.45) is 4.29. The lowest BCUT2D eigenvalue weighted by Gasteiger charge is -2.09. The number of methoxy groups -OCH3 is 1. The lowest BCUT2D eigenvalue weighted by Crippen LogP contribution is -1.98. The highest BCUT2D eigenvalue weighted by Gasteiger charge is 2.11. The summed E-state index contributed by atoms with van der Waals surface area (Å²) in [4.78, 5) is 4.68. The number of pyridine rings is 1. The van der Waals surface area contributed by atoms with Gasteiger partial charge in [-0.3, -0.25) is 0 Å². The molecule has 0 saturated heterocycles. The molecule has 158 valence electrons. The molecule has 5 rings (SSSR count). The van der Waals surface area contributed by atoms with Gasteiger partial charge in [-0.15, -0.1) is 0 Å². The summed E-state index contributed by atoms with van der Waals surface area (Å²) in [5.74, 6) is 1.68. The molecule has 0 spiro atoms. The molecule has 2 heterocycles. The minimum absolute atomic E-state index is 0.437. The first-order chi connectivity index (χ1) is 15.7. The first-order valence-corrected chi connectivity index (χ1v) is 10.6. The fourth-order valence-electron chi connectivity index (χ4n) is 3.89. The van der Waals surface area contributed by atoms with Crippen LogP contribution < -0.4 is 9.47 Å². The zero-order valence-electron chi connectivity index (χ0n) is 18.2. The van der Waals surface area contributed by atoms with Gasteiger partial charge in [-0.05, 0) is 47.5 Å². The van der Waals surface area contributed by atoms with E-state index >= 15 is 0 Å². The predicted octanol–water partition coefficient (Wildman–Crippen LogP) is 6.49. The number of rotatable bonds is 6. The number of benzene rings is 3. The average molecular weight is 421 g/mol. The molecule has 0 amide bonds. The van der Waals surface area contributed by atoms with E-state index in [9.17, 15) is 0 Å². The van der Waals surface area contributed by atoms with Gasteiger partial charge in [-0.25, -0.2) is 4.98 Å². The molecule has 3 aromatic carbocycles. The third-order valence-corrected chi connectivity index (χ3v) is 5.56. The molecule has 0 unspecified atom stereocenters. The number of ether oxygens (including phenoxy) is 2. The SMILES string of the molecule is COc1ccc(-c2cn(C)cc2-c2ccc(OCc3ccc4ccccc4n3)cc2)cc1. The normalized spacial score (nSPS) is 10.9. The molecule has 0 saturated carbocycles. The van der Waals surface area contributed by atoms with Crippen LogP contribution in [0.1, 0.15) is 5.69 Å². The van der Waals surface area contributed by atoms with Crippen LogP contribution in [0.5, 0.6) is 11.5 Å². The van der Waals surface area contributed by atoms with Gasteiger partial charge in [0.2, 0.25) is 0 Å². The highest BCUT2D eigenvalue weighted by atomic mass is 16.5. The zero-order valence-corrected chi connectivity index (χ0v) is 18.2. The molecular weight excluding hydrogens is 396 g/mol. The second-order valence-electron chi connectivity index (χ2n) is 7.79. The third kappa shape index (κ3) is 4.08. The summed E-state index contributed by atoms with van der Waals surface area (Å²) in [5.41, 5.74) is 6.57. The Bertz CT molecular complexity index is 1350. The predicted molar refractivity (Wildman–Crippen MR) is 129 cm³/mol. The average Bonchev–Trinajstić information content (AvgIpc) is 3.24. The largest absolute Gasteiger partial charge is 0.497 e. The van der Waals surface area contributed by atoms with Crippen LogP contribution in [0.25, 0.3) is 33.2 Å². The van der Waals surface area contributed by atoms with Crippen molar-refractivity contribution < 1.29 is 9.47 Å². The standard InChI is InChI=1S/C28H24N2O2/c1-30-17-26(20-8-13-24(31-2)14-9-20)27(18-30)21-10-15-25(16-11-21)32-19-23-12-7-22-5-3-4-6-28(22)29-23/h3-18H,19H2,1-2H3. The molecular formula is C28H24N2O2. The van der Waals surface area contributed by atoms with Gasteiger partial charge >= 0.3 is 0 Å². The summed E-state index contributed by atoms with van der Waals surface area (Å²) < 4.78 is 13.4. The van der Waals surface area contributed by atoms with Crippen LogP contribution in [-0.2, 0) is 13.7 Å². The van der Waals surface area contributed by atoms with Crippen molar-refractivity contribution in [1.82, 2.24) is 9.55 Å². The monoisotopic (exact) mass is 420 g/mol. The molecule has 0 aliphatic carbocycles. The van der Waals surface area contributed by atoms with Gasteiger partial charge < -0.3 is 14.0 Å². The van der Waals surface area contributed by atoms with Crippen LogP contribution in [0.3, 0.4) is 0 Å². The Kier molecular flexibility index (Phi) is 5.34. The maximum atomic E-state index is 6.00. The van der Waals surface area contributed by atoms with Gasteiger partial charge in [0.25, 0.3) is 0 Å². The zero-order chi connectivity index (χ0) is 21.9. The first kappa shape index (κ1) is 19.9. The summed E-state index contributed by atoms with van der Waals surface area (Å²) >= 11 is 0. The molecule has 0 bridgehead atoms. The van der Waals surface area contributed by atoms with Crippen LogP contribution in [-0.4, -0.2) is 16.7 Å². The molecule has 0 atom stereocenters. The Morgan fingerprint density at radius 3 is 2.00 bits per heavy atom. The van der Waals surface area contributed by atoms with Crippen LogP contribution >= 0.6 is 0 Å². The summed E-state index contributed by atoms with van der Waals surface area (Å²) in [7, 11) is 3.73. The van der Waals surface area contributed by atoms with Crippen molar-refractivity contribution in [3.63, 3.8) is 0 Å². The van der Waals surface area contributed by atoms with Gasteiger partial charge in [0.05, 0.1) is 18.3 Å². The molecule has 0 N–H and O–H groups in total. The van der Waals surface area contributed by atoms with Gasteiger partial charge in [0, 0.05) is 36.0 Å². The molecule has 0 fully saturated rings. The molecule has 0 aliphatic rings. The second kappa shape index (κ2) is 8.60. The van der Waals surface area contributed by atoms with Crippen LogP contribution in [0.15, 0.2) is 97.3 Å². The van der Waals surface area contributed by atoms with E-state index in [0.29, 0.717) is 6.61 Å². The Balaban J connectivity index is 1.34. The number of hydrogen-bond donors (Lipinski definition) is 0. The summed E-state index contributed by atoms with van der Waals surface area (Å²) in [5, 5.41) is 1.14. The van der Waals surface area contributed by atoms with E-state index in [1.807, 2.05) is 55.6 Å². The van der Waals surface area contributed by atoms with Crippen molar-refractivity contribution >= 4 is 10.9 Å². The quantitative estimate of drug-likeness (QED) is 0.315. The first-order valence-electron chi connectivity index (χ1n) is 10.6. The van der Waals surface area contributed by atoms with E-state index in [1.165, 1.54) is 11.1 Å². The number of nitrogens with zero attached hydrogens (tertiary/aromatic N) is 2. The van der Waals surface area contributed by atoms with Crippen molar-refractivity contribution in [2.24, 2.45) is 7.05 Å². The van der Waals surface area contributed by atoms with Gasteiger partial charge in [0.15, 0.2) is 0 Å². The summed E-state index contributed by atoms with van der Waals surface area (Å²) in [6, 6.07) is 28.6. The van der Waals surface area contributed by atoms with E-state index < -0.39 is 0 Å². The van der Waals surface area contributed by atoms with Crippen LogP contribution in [0.2, 0.25) is 0 Å². The molecule has 2 aromatic heterocycles. The second-order valence-corrected chi connectivity index (χ2v) is 7.79. The van der Waals surface area contributed by atoms with Gasteiger partial charge in [0.1, 0.15) is 18.1 Å². The van der Waals surface area contributed by atoms with E-state index in [-0.39, 0.29) is 0 Å². The minimum atomic E-state index is 0.437. The Morgan fingerprint density at radius 1 is 0.719 bits per heavy atom. The molecule has 0 radical (unpaired) electrons. The van der Waals surface area contributed by atoms with Crippen molar-refractivity contribution in [3.05, 3.63) is 103 Å². The fraction of sp³-hybridized carbons (Fsp3) is 0.107. The maximum absolute atomic E-state index is 6.00. The number of para-hydroxylation sites is 1. The van der Waals surface area contributed by atoms with Crippen molar-refractivity contribution in [2.75, 3.05) is 7.11 Å². The number of aromatic nitrogens is 2. The maximum Gasteiger partial charge on any atom is 0.130 e. The van der Waals surface area contributed by atoms with Gasteiger partial charge in [-0.2, -0.15) is 0 Å². The van der Waals surface area contributed by atoms with E-state index in [4.69, 9.17) is 9.47 Å². The summed E-state index contributed by atoms with van der Waals surface area (Å²) in [6.45, 7) is 0.437. The molecule has 32 heavy (non-hydrogen) atoms. The molecule has 4 nitrogen and oxygen atoms in total. The van der Waals surface area contributed by atoms with Crippen molar-refractivity contribution in [1.29, 1.82) is 0 Å². The van der Waals surface area contributed by atoms with Crippen LogP contribution in [0.4, 0.5) is 0 Å². The number of aryl methyl sites for hydroxylation is 1. The number of hydrogen-bond acceptors (Lipinski definition) is 3. The number of fused-ring (bicyclic) bond motifs is 1. The van der Waals surface area contributed by atoms with E-state index in [0.717, 1.165) is 39.2 Å². The molecule has 0 aliphatic heterocycles. The third-order valence-electron chi connectivity index (χ3n) is 5.56. The van der Waals surface area contributed by atoms with Gasteiger partial charge in [-0.1, -0.05) is 48.5 Å². The molecule has 4 heteroatoms. The minimum Gasteiger partial charge on any atom is -0.497 e. The molecule has 5 aromatic rings. The fourth-order valence-corrected chi connectivity index (χ4v) is 3.89. The smallest absolute Gasteiger partial charge is 0.130 e. The van der Waals surface area contributed by atoms with Crippen molar-refractivity contribution in [3.8, 4) is 33.8 Å². The van der Waals surface area contributed by atoms with E-state index in [2.05, 4.69) is 58.3 Å². The lowest BCUT2D eigenvalue weighted by atomic mass is 9.99. The van der Waals surface area contributed by atoms with E-state index in [1.54, 1.807) is 7.11 Å².